The Morgan fingerprint density at radius 2 is 2.22 bits per heavy atom. The van der Waals surface area contributed by atoms with Gasteiger partial charge in [-0.25, -0.2) is 0 Å². The van der Waals surface area contributed by atoms with Crippen molar-refractivity contribution in [3.8, 4) is 5.75 Å². The number of hydrogen-bond acceptors (Lipinski definition) is 3. The molecule has 1 N–H and O–H groups in total. The number of benzene rings is 1. The lowest BCUT2D eigenvalue weighted by molar-refractivity contribution is -0.131. The van der Waals surface area contributed by atoms with Crippen LogP contribution in [0.25, 0.3) is 0 Å². The minimum atomic E-state index is -0.632. The summed E-state index contributed by atoms with van der Waals surface area (Å²) in [5, 5.41) is 9.63. The highest BCUT2D eigenvalue weighted by Crippen LogP contribution is 2.28. The van der Waals surface area contributed by atoms with Crippen molar-refractivity contribution < 1.29 is 14.6 Å². The van der Waals surface area contributed by atoms with E-state index in [1.165, 1.54) is 0 Å². The lowest BCUT2D eigenvalue weighted by Gasteiger charge is -2.17. The number of carbonyl (C=O) groups excluding carboxylic acids is 1. The Morgan fingerprint density at radius 1 is 1.56 bits per heavy atom. The minimum absolute atomic E-state index is 0.0273. The largest absolute Gasteiger partial charge is 0.483 e. The second-order valence-electron chi connectivity index (χ2n) is 4.05. The molecule has 0 aromatic heterocycles. The molecule has 1 rings (SSSR count). The molecule has 0 radical (unpaired) electrons. The molecular formula is C13H18BrNO3. The van der Waals surface area contributed by atoms with Crippen molar-refractivity contribution in [2.24, 2.45) is 0 Å². The molecule has 5 heteroatoms. The highest BCUT2D eigenvalue weighted by molar-refractivity contribution is 9.10. The van der Waals surface area contributed by atoms with Crippen LogP contribution >= 0.6 is 15.9 Å². The molecule has 0 fully saturated rings. The molecule has 1 aromatic carbocycles. The third kappa shape index (κ3) is 3.99. The first-order valence-electron chi connectivity index (χ1n) is 5.80. The highest BCUT2D eigenvalue weighted by Gasteiger charge is 2.12. The first-order valence-corrected chi connectivity index (χ1v) is 6.59. The van der Waals surface area contributed by atoms with Crippen molar-refractivity contribution in [3.05, 3.63) is 28.2 Å². The lowest BCUT2D eigenvalue weighted by Crippen LogP contribution is -2.31. The van der Waals surface area contributed by atoms with E-state index in [1.54, 1.807) is 31.0 Å². The van der Waals surface area contributed by atoms with E-state index in [-0.39, 0.29) is 12.5 Å². The second-order valence-corrected chi connectivity index (χ2v) is 4.97. The fraction of sp³-hybridized carbons (Fsp3) is 0.462. The second kappa shape index (κ2) is 6.75. The topological polar surface area (TPSA) is 49.8 Å². The van der Waals surface area contributed by atoms with E-state index in [9.17, 15) is 9.90 Å². The van der Waals surface area contributed by atoms with Crippen LogP contribution in [0.1, 0.15) is 25.5 Å². The lowest BCUT2D eigenvalue weighted by atomic mass is 10.1. The van der Waals surface area contributed by atoms with E-state index < -0.39 is 6.10 Å². The van der Waals surface area contributed by atoms with Gasteiger partial charge in [-0.3, -0.25) is 4.79 Å². The minimum Gasteiger partial charge on any atom is -0.483 e. The summed E-state index contributed by atoms with van der Waals surface area (Å²) in [6.07, 6.45) is -0.632. The maximum absolute atomic E-state index is 11.6. The van der Waals surface area contributed by atoms with Gasteiger partial charge >= 0.3 is 0 Å². The number of hydrogen-bond donors (Lipinski definition) is 1. The van der Waals surface area contributed by atoms with Crippen LogP contribution in [0, 0.1) is 0 Å². The highest BCUT2D eigenvalue weighted by atomic mass is 79.9. The van der Waals surface area contributed by atoms with Crippen LogP contribution in [0.5, 0.6) is 5.75 Å². The quantitative estimate of drug-likeness (QED) is 0.907. The zero-order chi connectivity index (χ0) is 13.7. The smallest absolute Gasteiger partial charge is 0.260 e. The Balaban J connectivity index is 2.77. The normalized spacial score (nSPS) is 12.1. The molecule has 1 amide bonds. The Kier molecular flexibility index (Phi) is 5.62. The molecule has 0 unspecified atom stereocenters. The number of aliphatic hydroxyl groups is 1. The van der Waals surface area contributed by atoms with Gasteiger partial charge in [0.1, 0.15) is 5.75 Å². The summed E-state index contributed by atoms with van der Waals surface area (Å²) >= 11 is 3.34. The number of carbonyl (C=O) groups is 1. The van der Waals surface area contributed by atoms with Gasteiger partial charge in [-0.15, -0.1) is 0 Å². The van der Waals surface area contributed by atoms with Crippen LogP contribution in [0.4, 0.5) is 0 Å². The van der Waals surface area contributed by atoms with Crippen LogP contribution < -0.4 is 4.74 Å². The Labute approximate surface area is 116 Å². The van der Waals surface area contributed by atoms with E-state index in [2.05, 4.69) is 15.9 Å². The predicted octanol–water partition coefficient (Wildman–Crippen LogP) is 2.36. The van der Waals surface area contributed by atoms with E-state index in [0.717, 1.165) is 4.47 Å². The molecule has 0 spiro atoms. The molecule has 18 heavy (non-hydrogen) atoms. The first-order chi connectivity index (χ1) is 8.45. The molecule has 0 aliphatic rings. The number of aliphatic hydroxyl groups excluding tert-OH is 1. The Hall–Kier alpha value is -1.07. The van der Waals surface area contributed by atoms with Crippen LogP contribution in [0.15, 0.2) is 22.7 Å². The van der Waals surface area contributed by atoms with Gasteiger partial charge in [-0.2, -0.15) is 0 Å². The van der Waals surface area contributed by atoms with E-state index in [1.807, 2.05) is 13.0 Å². The van der Waals surface area contributed by atoms with E-state index >= 15 is 0 Å². The summed E-state index contributed by atoms with van der Waals surface area (Å²) in [5.74, 6) is 0.436. The Morgan fingerprint density at radius 3 is 2.78 bits per heavy atom. The summed E-state index contributed by atoms with van der Waals surface area (Å²) in [5.41, 5.74) is 0.671. The van der Waals surface area contributed by atoms with Crippen molar-refractivity contribution in [1.82, 2.24) is 4.90 Å². The van der Waals surface area contributed by atoms with Crippen molar-refractivity contribution >= 4 is 21.8 Å². The van der Waals surface area contributed by atoms with Gasteiger partial charge in [-0.1, -0.05) is 22.0 Å². The number of amides is 1. The number of nitrogens with zero attached hydrogens (tertiary/aromatic N) is 1. The van der Waals surface area contributed by atoms with E-state index in [0.29, 0.717) is 17.9 Å². The molecule has 100 valence electrons. The monoisotopic (exact) mass is 315 g/mol. The predicted molar refractivity (Wildman–Crippen MR) is 73.6 cm³/mol. The maximum atomic E-state index is 11.6. The zero-order valence-corrected chi connectivity index (χ0v) is 12.4. The van der Waals surface area contributed by atoms with Gasteiger partial charge in [0.05, 0.1) is 6.10 Å². The SMILES string of the molecule is CCN(C)C(=O)COc1cc(Br)ccc1[C@H](C)O. The summed E-state index contributed by atoms with van der Waals surface area (Å²) in [6, 6.07) is 5.36. The van der Waals surface area contributed by atoms with Crippen LogP contribution in [-0.4, -0.2) is 36.1 Å². The summed E-state index contributed by atoms with van der Waals surface area (Å²) in [7, 11) is 1.72. The van der Waals surface area contributed by atoms with Crippen LogP contribution in [0.2, 0.25) is 0 Å². The summed E-state index contributed by atoms with van der Waals surface area (Å²) < 4.78 is 6.33. The molecule has 0 bridgehead atoms. The van der Waals surface area contributed by atoms with Gasteiger partial charge in [0, 0.05) is 23.6 Å². The van der Waals surface area contributed by atoms with Crippen molar-refractivity contribution in [2.75, 3.05) is 20.2 Å². The Bertz CT molecular complexity index is 421. The average Bonchev–Trinajstić information content (AvgIpc) is 2.34. The summed E-state index contributed by atoms with van der Waals surface area (Å²) in [6.45, 7) is 4.18. The number of rotatable bonds is 5. The third-order valence-electron chi connectivity index (χ3n) is 2.68. The van der Waals surface area contributed by atoms with Crippen molar-refractivity contribution in [1.29, 1.82) is 0 Å². The third-order valence-corrected chi connectivity index (χ3v) is 3.17. The zero-order valence-electron chi connectivity index (χ0n) is 10.8. The standard InChI is InChI=1S/C13H18BrNO3/c1-4-15(3)13(17)8-18-12-7-10(14)5-6-11(12)9(2)16/h5-7,9,16H,4,8H2,1-3H3/t9-/m0/s1. The maximum Gasteiger partial charge on any atom is 0.260 e. The number of likely N-dealkylation sites (N-methyl/N-ethyl adjacent to an activating group) is 1. The van der Waals surface area contributed by atoms with Gasteiger partial charge in [-0.05, 0) is 26.0 Å². The molecule has 0 heterocycles. The molecule has 0 saturated heterocycles. The van der Waals surface area contributed by atoms with Gasteiger partial charge in [0.15, 0.2) is 6.61 Å². The van der Waals surface area contributed by atoms with Gasteiger partial charge in [0.25, 0.3) is 5.91 Å². The van der Waals surface area contributed by atoms with E-state index in [4.69, 9.17) is 4.74 Å². The molecule has 4 nitrogen and oxygen atoms in total. The summed E-state index contributed by atoms with van der Waals surface area (Å²) in [4.78, 5) is 13.2. The molecule has 1 aromatic rings. The van der Waals surface area contributed by atoms with Gasteiger partial charge < -0.3 is 14.7 Å². The average molecular weight is 316 g/mol. The molecular weight excluding hydrogens is 298 g/mol. The molecule has 0 aliphatic heterocycles. The first kappa shape index (κ1) is 15.0. The van der Waals surface area contributed by atoms with Crippen LogP contribution in [0.3, 0.4) is 0 Å². The van der Waals surface area contributed by atoms with Gasteiger partial charge in [0.2, 0.25) is 0 Å². The molecule has 1 atom stereocenters. The fourth-order valence-electron chi connectivity index (χ4n) is 1.40. The number of halogens is 1. The number of ether oxygens (including phenoxy) is 1. The van der Waals surface area contributed by atoms with Crippen LogP contribution in [-0.2, 0) is 4.79 Å². The molecule has 0 saturated carbocycles. The molecule has 0 aliphatic carbocycles. The van der Waals surface area contributed by atoms with Crippen molar-refractivity contribution in [3.63, 3.8) is 0 Å². The fourth-order valence-corrected chi connectivity index (χ4v) is 1.74. The van der Waals surface area contributed by atoms with Crippen molar-refractivity contribution in [2.45, 2.75) is 20.0 Å².